The molecule has 1 atom stereocenters. The molecule has 0 amide bonds. The molecule has 0 aromatic rings. The Labute approximate surface area is 48.8 Å². The molecule has 0 aromatic heterocycles. The minimum atomic E-state index is -2.28. The van der Waals surface area contributed by atoms with Crippen molar-refractivity contribution in [2.24, 2.45) is 5.16 Å². The molecule has 0 aliphatic heterocycles. The maximum absolute atomic E-state index is 9.62. The van der Waals surface area contributed by atoms with E-state index in [-0.39, 0.29) is 6.79 Å². The van der Waals surface area contributed by atoms with Crippen molar-refractivity contribution in [2.75, 3.05) is 6.79 Å². The van der Waals surface area contributed by atoms with E-state index in [2.05, 4.69) is 20.9 Å². The molecule has 1 N–H and O–H groups in total. The van der Waals surface area contributed by atoms with Gasteiger partial charge in [-0.15, -0.1) is 5.16 Å². The predicted molar refractivity (Wildman–Crippen MR) is 27.4 cm³/mol. The van der Waals surface area contributed by atoms with Crippen LogP contribution >= 0.6 is 0 Å². The van der Waals surface area contributed by atoms with E-state index in [0.717, 1.165) is 0 Å². The number of rotatable bonds is 4. The molecule has 5 nitrogen and oxygen atoms in total. The summed E-state index contributed by atoms with van der Waals surface area (Å²) >= 11 is -2.28. The van der Waals surface area contributed by atoms with Crippen LogP contribution in [0, 0.1) is 0 Å². The van der Waals surface area contributed by atoms with Crippen molar-refractivity contribution in [3.05, 3.63) is 0 Å². The highest BCUT2D eigenvalue weighted by Gasteiger charge is 1.88. The monoisotopic (exact) mass is 139 g/mol. The second kappa shape index (κ2) is 4.69. The molecular weight excluding hydrogens is 134 g/mol. The van der Waals surface area contributed by atoms with Crippen LogP contribution in [-0.2, 0) is 20.4 Å². The zero-order valence-corrected chi connectivity index (χ0v) is 4.76. The van der Waals surface area contributed by atoms with E-state index in [1.54, 1.807) is 0 Å². The van der Waals surface area contributed by atoms with Crippen molar-refractivity contribution in [3.8, 4) is 0 Å². The van der Waals surface area contributed by atoms with Gasteiger partial charge in [-0.3, -0.25) is 4.55 Å². The molecule has 0 aliphatic rings. The lowest BCUT2D eigenvalue weighted by molar-refractivity contribution is 0.0237. The van der Waals surface area contributed by atoms with Gasteiger partial charge in [0, 0.05) is 6.72 Å². The molecule has 0 aliphatic carbocycles. The van der Waals surface area contributed by atoms with E-state index in [0.29, 0.717) is 0 Å². The molecule has 0 bridgehead atoms. The number of nitrogens with zero attached hydrogens (tertiary/aromatic N) is 1. The van der Waals surface area contributed by atoms with Crippen LogP contribution in [0.2, 0.25) is 0 Å². The van der Waals surface area contributed by atoms with E-state index < -0.39 is 11.4 Å². The summed E-state index contributed by atoms with van der Waals surface area (Å²) in [6, 6.07) is 0. The fourth-order valence-electron chi connectivity index (χ4n) is 0.0999. The highest BCUT2D eigenvalue weighted by molar-refractivity contribution is 7.74. The molecule has 8 heavy (non-hydrogen) atoms. The van der Waals surface area contributed by atoms with Crippen LogP contribution in [0.4, 0.5) is 0 Å². The smallest absolute Gasteiger partial charge is 0.305 e. The van der Waals surface area contributed by atoms with Gasteiger partial charge in [0.1, 0.15) is 0 Å². The average Bonchev–Trinajstić information content (AvgIpc) is 1.66. The van der Waals surface area contributed by atoms with Gasteiger partial charge >= 0.3 is 11.4 Å². The third-order valence-corrected chi connectivity index (χ3v) is 0.591. The molecule has 48 valence electrons. The summed E-state index contributed by atoms with van der Waals surface area (Å²) < 4.78 is 21.5. The third-order valence-electron chi connectivity index (χ3n) is 0.293. The highest BCUT2D eigenvalue weighted by atomic mass is 32.2. The minimum Gasteiger partial charge on any atom is -0.366 e. The normalized spacial score (nSPS) is 12.6. The van der Waals surface area contributed by atoms with Crippen LogP contribution in [0.25, 0.3) is 0 Å². The van der Waals surface area contributed by atoms with Crippen LogP contribution in [-0.4, -0.2) is 22.3 Å². The first kappa shape index (κ1) is 7.54. The van der Waals surface area contributed by atoms with Gasteiger partial charge in [0.15, 0.2) is 0 Å². The van der Waals surface area contributed by atoms with Gasteiger partial charge in [0.25, 0.3) is 0 Å². The van der Waals surface area contributed by atoms with Gasteiger partial charge in [-0.05, 0) is 0 Å². The number of oxime groups is 1. The molecule has 0 fully saturated rings. The first-order valence-corrected chi connectivity index (χ1v) is 2.62. The molecule has 0 radical (unpaired) electrons. The van der Waals surface area contributed by atoms with Gasteiger partial charge in [-0.25, -0.2) is 4.18 Å². The lowest BCUT2D eigenvalue weighted by Crippen LogP contribution is -1.97. The van der Waals surface area contributed by atoms with Crippen LogP contribution < -0.4 is 0 Å². The number of hydrogen-bond donors (Lipinski definition) is 1. The summed E-state index contributed by atoms with van der Waals surface area (Å²) in [6.45, 7) is 2.57. The van der Waals surface area contributed by atoms with Crippen LogP contribution in [0.1, 0.15) is 0 Å². The Morgan fingerprint density at radius 3 is 2.88 bits per heavy atom. The van der Waals surface area contributed by atoms with Crippen molar-refractivity contribution in [3.63, 3.8) is 0 Å². The molecule has 6 heteroatoms. The highest BCUT2D eigenvalue weighted by Crippen LogP contribution is 1.79. The van der Waals surface area contributed by atoms with E-state index in [4.69, 9.17) is 4.55 Å². The van der Waals surface area contributed by atoms with E-state index in [1.807, 2.05) is 0 Å². The Bertz CT molecular complexity index is 94.0. The van der Waals surface area contributed by atoms with Crippen molar-refractivity contribution < 1.29 is 17.8 Å². The molecular formula is C2H5NO4S. The van der Waals surface area contributed by atoms with E-state index >= 15 is 0 Å². The van der Waals surface area contributed by atoms with Crippen LogP contribution in [0.15, 0.2) is 5.16 Å². The Morgan fingerprint density at radius 1 is 1.88 bits per heavy atom. The Kier molecular flexibility index (Phi) is 4.42. The summed E-state index contributed by atoms with van der Waals surface area (Å²) in [7, 11) is 0. The molecule has 0 rings (SSSR count). The molecule has 0 spiro atoms. The SMILES string of the molecule is C=NOCOS(=O)O. The standard InChI is InChI=1S/C2H5NO4S/c1-3-6-2-7-8(4)5/h1-2H2,(H,4,5). The number of hydrogen-bond acceptors (Lipinski definition) is 4. The van der Waals surface area contributed by atoms with Crippen molar-refractivity contribution in [1.82, 2.24) is 0 Å². The maximum atomic E-state index is 9.62. The molecule has 0 aromatic carbocycles. The fourth-order valence-corrected chi connectivity index (χ4v) is 0.225. The second-order valence-corrected chi connectivity index (χ2v) is 1.38. The molecule has 0 saturated heterocycles. The van der Waals surface area contributed by atoms with Crippen molar-refractivity contribution >= 4 is 18.1 Å². The van der Waals surface area contributed by atoms with Gasteiger partial charge in [0.2, 0.25) is 6.79 Å². The topological polar surface area (TPSA) is 68.1 Å². The van der Waals surface area contributed by atoms with Gasteiger partial charge in [-0.1, -0.05) is 0 Å². The van der Waals surface area contributed by atoms with Gasteiger partial charge < -0.3 is 4.84 Å². The van der Waals surface area contributed by atoms with Crippen LogP contribution in [0.3, 0.4) is 0 Å². The summed E-state index contributed by atoms with van der Waals surface area (Å²) in [4.78, 5) is 4.08. The molecule has 0 heterocycles. The zero-order chi connectivity index (χ0) is 6.41. The van der Waals surface area contributed by atoms with Crippen LogP contribution in [0.5, 0.6) is 0 Å². The van der Waals surface area contributed by atoms with Crippen molar-refractivity contribution in [1.29, 1.82) is 0 Å². The minimum absolute atomic E-state index is 0.355. The van der Waals surface area contributed by atoms with Crippen molar-refractivity contribution in [2.45, 2.75) is 0 Å². The lowest BCUT2D eigenvalue weighted by Gasteiger charge is -1.92. The fraction of sp³-hybridized carbons (Fsp3) is 0.500. The van der Waals surface area contributed by atoms with Gasteiger partial charge in [-0.2, -0.15) is 4.21 Å². The third kappa shape index (κ3) is 5.54. The first-order chi connectivity index (χ1) is 3.77. The predicted octanol–water partition coefficient (Wildman–Crippen LogP) is -0.271. The van der Waals surface area contributed by atoms with Gasteiger partial charge in [0.05, 0.1) is 0 Å². The molecule has 0 saturated carbocycles. The quantitative estimate of drug-likeness (QED) is 0.191. The summed E-state index contributed by atoms with van der Waals surface area (Å²) in [5.41, 5.74) is 0. The van der Waals surface area contributed by atoms with E-state index in [9.17, 15) is 4.21 Å². The maximum Gasteiger partial charge on any atom is 0.305 e. The average molecular weight is 139 g/mol. The summed E-state index contributed by atoms with van der Waals surface area (Å²) in [6.07, 6.45) is 0. The van der Waals surface area contributed by atoms with E-state index in [1.165, 1.54) is 0 Å². The lowest BCUT2D eigenvalue weighted by atomic mass is 11.5. The molecule has 1 unspecified atom stereocenters. The Morgan fingerprint density at radius 2 is 2.50 bits per heavy atom. The summed E-state index contributed by atoms with van der Waals surface area (Å²) in [5.74, 6) is 0. The second-order valence-electron chi connectivity index (χ2n) is 0.711. The Balaban J connectivity index is 2.93. The Hall–Kier alpha value is -0.460. The largest absolute Gasteiger partial charge is 0.366 e. The summed E-state index contributed by atoms with van der Waals surface area (Å²) in [5, 5.41) is 2.89. The first-order valence-electron chi connectivity index (χ1n) is 1.59. The zero-order valence-electron chi connectivity index (χ0n) is 3.94.